The Bertz CT molecular complexity index is 887. The number of benzene rings is 2. The normalized spacial score (nSPS) is 13.0. The Morgan fingerprint density at radius 2 is 1.83 bits per heavy atom. The highest BCUT2D eigenvalue weighted by molar-refractivity contribution is 6.07. The van der Waals surface area contributed by atoms with Gasteiger partial charge in [0.1, 0.15) is 0 Å². The molecule has 120 valence electrons. The van der Waals surface area contributed by atoms with Crippen molar-refractivity contribution in [1.82, 2.24) is 9.78 Å². The van der Waals surface area contributed by atoms with Crippen LogP contribution >= 0.6 is 0 Å². The summed E-state index contributed by atoms with van der Waals surface area (Å²) in [7, 11) is 1.56. The molecule has 0 saturated carbocycles. The first-order chi connectivity index (χ1) is 11.8. The summed E-state index contributed by atoms with van der Waals surface area (Å²) in [4.78, 5) is 14.8. The smallest absolute Gasteiger partial charge is 0.282 e. The van der Waals surface area contributed by atoms with Gasteiger partial charge in [0, 0.05) is 12.2 Å². The fourth-order valence-corrected chi connectivity index (χ4v) is 3.05. The molecular formula is C19H17N3O2. The van der Waals surface area contributed by atoms with E-state index in [0.29, 0.717) is 18.0 Å². The van der Waals surface area contributed by atoms with Crippen LogP contribution in [-0.2, 0) is 6.42 Å². The molecule has 2 heterocycles. The highest BCUT2D eigenvalue weighted by Crippen LogP contribution is 2.30. The second kappa shape index (κ2) is 5.85. The van der Waals surface area contributed by atoms with E-state index in [9.17, 15) is 4.79 Å². The second-order valence-corrected chi connectivity index (χ2v) is 5.66. The lowest BCUT2D eigenvalue weighted by atomic mass is 10.2. The number of ether oxygens (including phenoxy) is 1. The number of hydrogen-bond acceptors (Lipinski definition) is 3. The number of fused-ring (bicyclic) bond motifs is 1. The van der Waals surface area contributed by atoms with Crippen LogP contribution in [0.5, 0.6) is 5.75 Å². The molecule has 5 nitrogen and oxygen atoms in total. The molecule has 2 aromatic carbocycles. The number of amides is 1. The van der Waals surface area contributed by atoms with Crippen LogP contribution < -0.4 is 9.64 Å². The summed E-state index contributed by atoms with van der Waals surface area (Å²) < 4.78 is 7.06. The number of hydrogen-bond donors (Lipinski definition) is 0. The molecule has 0 spiro atoms. The van der Waals surface area contributed by atoms with Gasteiger partial charge in [-0.15, -0.1) is 0 Å². The van der Waals surface area contributed by atoms with Crippen molar-refractivity contribution in [1.29, 1.82) is 0 Å². The summed E-state index contributed by atoms with van der Waals surface area (Å²) in [5.41, 5.74) is 3.36. The van der Waals surface area contributed by atoms with Crippen molar-refractivity contribution in [2.24, 2.45) is 0 Å². The number of anilines is 1. The highest BCUT2D eigenvalue weighted by Gasteiger charge is 2.29. The third kappa shape index (κ3) is 2.34. The van der Waals surface area contributed by atoms with Crippen molar-refractivity contribution in [3.8, 4) is 11.4 Å². The van der Waals surface area contributed by atoms with Crippen LogP contribution in [0.3, 0.4) is 0 Å². The molecule has 0 aliphatic carbocycles. The molecule has 1 aromatic heterocycles. The van der Waals surface area contributed by atoms with Gasteiger partial charge in [-0.2, -0.15) is 5.10 Å². The number of rotatable bonds is 3. The number of nitrogens with zero attached hydrogens (tertiary/aromatic N) is 3. The highest BCUT2D eigenvalue weighted by atomic mass is 16.5. The first kappa shape index (κ1) is 14.5. The Morgan fingerprint density at radius 1 is 1.08 bits per heavy atom. The van der Waals surface area contributed by atoms with E-state index in [1.54, 1.807) is 22.9 Å². The fourth-order valence-electron chi connectivity index (χ4n) is 3.05. The maximum Gasteiger partial charge on any atom is 0.282 e. The van der Waals surface area contributed by atoms with Crippen LogP contribution in [0.2, 0.25) is 0 Å². The number of para-hydroxylation sites is 2. The molecule has 0 radical (unpaired) electrons. The summed E-state index contributed by atoms with van der Waals surface area (Å²) in [6.45, 7) is 0.666. The molecule has 3 aromatic rings. The summed E-state index contributed by atoms with van der Waals surface area (Å²) in [5.74, 6) is 0.347. The van der Waals surface area contributed by atoms with Crippen LogP contribution in [-0.4, -0.2) is 29.3 Å². The molecule has 1 aliphatic rings. The van der Waals surface area contributed by atoms with E-state index < -0.39 is 0 Å². The maximum absolute atomic E-state index is 13.0. The molecule has 0 bridgehead atoms. The molecule has 24 heavy (non-hydrogen) atoms. The van der Waals surface area contributed by atoms with Crippen LogP contribution in [0.4, 0.5) is 5.69 Å². The minimum Gasteiger partial charge on any atom is -0.493 e. The van der Waals surface area contributed by atoms with Gasteiger partial charge < -0.3 is 9.64 Å². The first-order valence-electron chi connectivity index (χ1n) is 7.87. The molecule has 0 N–H and O–H groups in total. The monoisotopic (exact) mass is 319 g/mol. The number of carbonyl (C=O) groups is 1. The third-order valence-corrected chi connectivity index (χ3v) is 4.26. The Hall–Kier alpha value is -3.08. The molecule has 5 heteroatoms. The van der Waals surface area contributed by atoms with E-state index in [-0.39, 0.29) is 5.91 Å². The summed E-state index contributed by atoms with van der Waals surface area (Å²) >= 11 is 0. The van der Waals surface area contributed by atoms with Crippen molar-refractivity contribution in [3.63, 3.8) is 0 Å². The summed E-state index contributed by atoms with van der Waals surface area (Å²) in [6, 6.07) is 17.7. The van der Waals surface area contributed by atoms with E-state index in [1.807, 2.05) is 48.5 Å². The van der Waals surface area contributed by atoms with Crippen LogP contribution in [0, 0.1) is 0 Å². The molecule has 1 aliphatic heterocycles. The standard InChI is InChI=1S/C19H17N3O2/c1-24-17-13-22(15-8-3-2-4-9-15)20-18(17)19(23)21-12-11-14-7-5-6-10-16(14)21/h2-10,13H,11-12H2,1H3. The maximum atomic E-state index is 13.0. The summed E-state index contributed by atoms with van der Waals surface area (Å²) in [6.07, 6.45) is 2.61. The van der Waals surface area contributed by atoms with Crippen LogP contribution in [0.1, 0.15) is 16.1 Å². The summed E-state index contributed by atoms with van der Waals surface area (Å²) in [5, 5.41) is 4.47. The SMILES string of the molecule is COc1cn(-c2ccccc2)nc1C(=O)N1CCc2ccccc21. The van der Waals surface area contributed by atoms with E-state index in [1.165, 1.54) is 5.56 Å². The predicted octanol–water partition coefficient (Wildman–Crippen LogP) is 3.08. The average molecular weight is 319 g/mol. The third-order valence-electron chi connectivity index (χ3n) is 4.26. The largest absolute Gasteiger partial charge is 0.493 e. The van der Waals surface area contributed by atoms with Gasteiger partial charge >= 0.3 is 0 Å². The zero-order chi connectivity index (χ0) is 16.5. The van der Waals surface area contributed by atoms with E-state index in [2.05, 4.69) is 11.2 Å². The van der Waals surface area contributed by atoms with Crippen molar-refractivity contribution >= 4 is 11.6 Å². The van der Waals surface area contributed by atoms with Crippen LogP contribution in [0.15, 0.2) is 60.8 Å². The number of methoxy groups -OCH3 is 1. The topological polar surface area (TPSA) is 47.4 Å². The van der Waals surface area contributed by atoms with E-state index in [4.69, 9.17) is 4.74 Å². The molecular weight excluding hydrogens is 302 g/mol. The molecule has 1 amide bonds. The lowest BCUT2D eigenvalue weighted by Crippen LogP contribution is -2.29. The Morgan fingerprint density at radius 3 is 2.62 bits per heavy atom. The number of aromatic nitrogens is 2. The lowest BCUT2D eigenvalue weighted by molar-refractivity contribution is 0.0981. The average Bonchev–Trinajstić information content (AvgIpc) is 3.26. The van der Waals surface area contributed by atoms with Gasteiger partial charge in [-0.25, -0.2) is 4.68 Å². The fraction of sp³-hybridized carbons (Fsp3) is 0.158. The van der Waals surface area contributed by atoms with Crippen molar-refractivity contribution < 1.29 is 9.53 Å². The van der Waals surface area contributed by atoms with Gasteiger partial charge in [-0.1, -0.05) is 36.4 Å². The van der Waals surface area contributed by atoms with Crippen molar-refractivity contribution in [3.05, 3.63) is 72.1 Å². The van der Waals surface area contributed by atoms with Gasteiger partial charge in [0.15, 0.2) is 11.4 Å². The number of carbonyl (C=O) groups excluding carboxylic acids is 1. The minimum absolute atomic E-state index is 0.133. The first-order valence-corrected chi connectivity index (χ1v) is 7.87. The molecule has 4 rings (SSSR count). The molecule has 0 atom stereocenters. The Balaban J connectivity index is 1.72. The van der Waals surface area contributed by atoms with E-state index >= 15 is 0 Å². The molecule has 0 saturated heterocycles. The molecule has 0 unspecified atom stereocenters. The van der Waals surface area contributed by atoms with Gasteiger partial charge in [0.05, 0.1) is 19.0 Å². The van der Waals surface area contributed by atoms with E-state index in [0.717, 1.165) is 17.8 Å². The van der Waals surface area contributed by atoms with Gasteiger partial charge in [-0.3, -0.25) is 4.79 Å². The van der Waals surface area contributed by atoms with Crippen molar-refractivity contribution in [2.45, 2.75) is 6.42 Å². The van der Waals surface area contributed by atoms with Crippen LogP contribution in [0.25, 0.3) is 5.69 Å². The lowest BCUT2D eigenvalue weighted by Gasteiger charge is -2.16. The van der Waals surface area contributed by atoms with Gasteiger partial charge in [-0.05, 0) is 30.2 Å². The molecule has 0 fully saturated rings. The van der Waals surface area contributed by atoms with Gasteiger partial charge in [0.25, 0.3) is 5.91 Å². The van der Waals surface area contributed by atoms with Crippen molar-refractivity contribution in [2.75, 3.05) is 18.6 Å². The van der Waals surface area contributed by atoms with Gasteiger partial charge in [0.2, 0.25) is 0 Å². The Labute approximate surface area is 140 Å². The minimum atomic E-state index is -0.133. The quantitative estimate of drug-likeness (QED) is 0.745. The second-order valence-electron chi connectivity index (χ2n) is 5.66. The zero-order valence-electron chi connectivity index (χ0n) is 13.3. The Kier molecular flexibility index (Phi) is 3.54. The predicted molar refractivity (Wildman–Crippen MR) is 91.9 cm³/mol. The zero-order valence-corrected chi connectivity index (χ0v) is 13.3.